The molecule has 10 nitrogen and oxygen atoms in total. The van der Waals surface area contributed by atoms with Gasteiger partial charge in [0.05, 0.1) is 12.1 Å². The number of nitrogens with one attached hydrogen (secondary N) is 3. The van der Waals surface area contributed by atoms with Gasteiger partial charge in [0.1, 0.15) is 17.8 Å². The van der Waals surface area contributed by atoms with Crippen LogP contribution in [0.4, 0.5) is 0 Å². The van der Waals surface area contributed by atoms with Crippen molar-refractivity contribution in [3.05, 3.63) is 24.3 Å². The molecule has 1 heterocycles. The molecule has 35 heavy (non-hydrogen) atoms. The number of hydrogen-bond donors (Lipinski definition) is 4. The molecule has 1 aromatic heterocycles. The molecule has 0 aliphatic heterocycles. The molecule has 192 valence electrons. The van der Waals surface area contributed by atoms with Crippen LogP contribution >= 0.6 is 0 Å². The summed E-state index contributed by atoms with van der Waals surface area (Å²) in [4.78, 5) is 59.1. The van der Waals surface area contributed by atoms with Crippen LogP contribution in [0.5, 0.6) is 0 Å². The lowest BCUT2D eigenvalue weighted by atomic mass is 9.82. The fourth-order valence-electron chi connectivity index (χ4n) is 5.10. The molecular formula is C25H37N5O5. The van der Waals surface area contributed by atoms with Gasteiger partial charge in [0.25, 0.3) is 5.91 Å². The number of hydrogen-bond acceptors (Lipinski definition) is 6. The highest BCUT2D eigenvalue weighted by Gasteiger charge is 2.40. The van der Waals surface area contributed by atoms with E-state index in [1.165, 1.54) is 18.6 Å². The molecular weight excluding hydrogens is 450 g/mol. The van der Waals surface area contributed by atoms with Gasteiger partial charge in [-0.1, -0.05) is 46.5 Å². The topological polar surface area (TPSA) is 150 Å². The number of amides is 3. The first-order valence-electron chi connectivity index (χ1n) is 12.5. The molecule has 0 aromatic carbocycles. The van der Waals surface area contributed by atoms with Gasteiger partial charge in [-0.25, -0.2) is 4.98 Å². The molecule has 1 aromatic rings. The number of nitrogens with zero attached hydrogens (tertiary/aromatic N) is 2. The predicted molar refractivity (Wildman–Crippen MR) is 128 cm³/mol. The summed E-state index contributed by atoms with van der Waals surface area (Å²) in [5.41, 5.74) is -0.518. The fourth-order valence-corrected chi connectivity index (χ4v) is 5.10. The van der Waals surface area contributed by atoms with Crippen LogP contribution in [0.1, 0.15) is 82.6 Å². The quantitative estimate of drug-likeness (QED) is 0.438. The zero-order valence-electron chi connectivity index (χ0n) is 20.8. The third-order valence-corrected chi connectivity index (χ3v) is 7.06. The van der Waals surface area contributed by atoms with E-state index in [9.17, 15) is 24.3 Å². The lowest BCUT2D eigenvalue weighted by molar-refractivity contribution is -0.142. The summed E-state index contributed by atoms with van der Waals surface area (Å²) in [5.74, 6) is -2.93. The molecule has 2 aliphatic carbocycles. The highest BCUT2D eigenvalue weighted by molar-refractivity contribution is 5.97. The van der Waals surface area contributed by atoms with Gasteiger partial charge in [0, 0.05) is 18.4 Å². The first-order chi connectivity index (χ1) is 16.6. The zero-order chi connectivity index (χ0) is 25.6. The van der Waals surface area contributed by atoms with Crippen LogP contribution in [0.25, 0.3) is 0 Å². The summed E-state index contributed by atoms with van der Waals surface area (Å²) >= 11 is 0. The van der Waals surface area contributed by atoms with E-state index in [0.29, 0.717) is 12.8 Å². The summed E-state index contributed by atoms with van der Waals surface area (Å²) in [5, 5.41) is 18.0. The van der Waals surface area contributed by atoms with E-state index in [1.54, 1.807) is 0 Å². The van der Waals surface area contributed by atoms with Gasteiger partial charge in [-0.3, -0.25) is 24.2 Å². The monoisotopic (exact) mass is 487 g/mol. The van der Waals surface area contributed by atoms with Crippen LogP contribution < -0.4 is 16.0 Å². The second-order valence-electron chi connectivity index (χ2n) is 10.7. The molecule has 2 aliphatic rings. The van der Waals surface area contributed by atoms with E-state index < -0.39 is 53.1 Å². The molecule has 0 bridgehead atoms. The molecule has 0 saturated heterocycles. The third kappa shape index (κ3) is 6.99. The molecule has 4 atom stereocenters. The van der Waals surface area contributed by atoms with Crippen molar-refractivity contribution in [3.63, 3.8) is 0 Å². The number of rotatable bonds is 8. The highest BCUT2D eigenvalue weighted by atomic mass is 16.4. The molecule has 0 radical (unpaired) electrons. The normalized spacial score (nSPS) is 22.6. The van der Waals surface area contributed by atoms with Crippen molar-refractivity contribution in [2.24, 2.45) is 17.3 Å². The second kappa shape index (κ2) is 11.6. The SMILES string of the molecule is CC(C)(C)[C@H](NC(=O)[C@@H](NC(=O)c1cnccn1)C1CCCCC1)C(=O)N[C@H]1CCC[C@H]1C(=O)O. The Kier molecular flexibility index (Phi) is 8.80. The second-order valence-corrected chi connectivity index (χ2v) is 10.7. The van der Waals surface area contributed by atoms with Gasteiger partial charge >= 0.3 is 5.97 Å². The van der Waals surface area contributed by atoms with Gasteiger partial charge in [-0.2, -0.15) is 0 Å². The average molecular weight is 488 g/mol. The molecule has 2 saturated carbocycles. The van der Waals surface area contributed by atoms with Gasteiger partial charge in [-0.15, -0.1) is 0 Å². The van der Waals surface area contributed by atoms with Crippen molar-refractivity contribution >= 4 is 23.7 Å². The average Bonchev–Trinajstić information content (AvgIpc) is 3.29. The van der Waals surface area contributed by atoms with E-state index in [-0.39, 0.29) is 11.6 Å². The molecule has 0 unspecified atom stereocenters. The van der Waals surface area contributed by atoms with Crippen LogP contribution in [0.2, 0.25) is 0 Å². The Hall–Kier alpha value is -3.04. The third-order valence-electron chi connectivity index (χ3n) is 7.06. The molecule has 10 heteroatoms. The zero-order valence-corrected chi connectivity index (χ0v) is 20.8. The maximum atomic E-state index is 13.5. The molecule has 3 rings (SSSR count). The standard InChI is InChI=1S/C25H37N5O5/c1-25(2,3)20(23(33)28-17-11-7-10-16(17)24(34)35)30-22(32)19(15-8-5-4-6-9-15)29-21(31)18-14-26-12-13-27-18/h12-17,19-20H,4-11H2,1-3H3,(H,28,33)(H,29,31)(H,30,32)(H,34,35)/t16-,17+,19+,20-/m1/s1. The number of carboxylic acids is 1. The first kappa shape index (κ1) is 26.6. The first-order valence-corrected chi connectivity index (χ1v) is 12.5. The van der Waals surface area contributed by atoms with Gasteiger partial charge in [-0.05, 0) is 37.0 Å². The summed E-state index contributed by atoms with van der Waals surface area (Å²) < 4.78 is 0. The molecule has 0 spiro atoms. The van der Waals surface area contributed by atoms with Crippen molar-refractivity contribution in [2.75, 3.05) is 0 Å². The van der Waals surface area contributed by atoms with E-state index in [4.69, 9.17) is 0 Å². The van der Waals surface area contributed by atoms with Crippen molar-refractivity contribution in [2.45, 2.75) is 90.3 Å². The number of carbonyl (C=O) groups is 4. The van der Waals surface area contributed by atoms with Crippen molar-refractivity contribution in [3.8, 4) is 0 Å². The largest absolute Gasteiger partial charge is 0.481 e. The number of aliphatic carboxylic acids is 1. The Bertz CT molecular complexity index is 911. The fraction of sp³-hybridized carbons (Fsp3) is 0.680. The van der Waals surface area contributed by atoms with E-state index in [0.717, 1.165) is 38.5 Å². The van der Waals surface area contributed by atoms with E-state index in [1.807, 2.05) is 20.8 Å². The Morgan fingerprint density at radius 3 is 2.26 bits per heavy atom. The summed E-state index contributed by atoms with van der Waals surface area (Å²) in [6, 6.07) is -2.18. The van der Waals surface area contributed by atoms with Crippen LogP contribution in [-0.4, -0.2) is 56.9 Å². The Balaban J connectivity index is 1.76. The van der Waals surface area contributed by atoms with E-state index >= 15 is 0 Å². The van der Waals surface area contributed by atoms with Gasteiger partial charge in [0.15, 0.2) is 0 Å². The maximum absolute atomic E-state index is 13.5. The minimum Gasteiger partial charge on any atom is -0.481 e. The number of carboxylic acid groups (broad SMARTS) is 1. The Labute approximate surface area is 206 Å². The van der Waals surface area contributed by atoms with Crippen LogP contribution in [-0.2, 0) is 14.4 Å². The van der Waals surface area contributed by atoms with Crippen LogP contribution in [0.15, 0.2) is 18.6 Å². The van der Waals surface area contributed by atoms with Crippen LogP contribution in [0.3, 0.4) is 0 Å². The minimum atomic E-state index is -0.923. The van der Waals surface area contributed by atoms with Crippen LogP contribution in [0, 0.1) is 17.3 Å². The summed E-state index contributed by atoms with van der Waals surface area (Å²) in [6.07, 6.45) is 10.7. The Morgan fingerprint density at radius 2 is 1.66 bits per heavy atom. The summed E-state index contributed by atoms with van der Waals surface area (Å²) in [6.45, 7) is 5.53. The minimum absolute atomic E-state index is 0.0562. The molecule has 4 N–H and O–H groups in total. The van der Waals surface area contributed by atoms with E-state index in [2.05, 4.69) is 25.9 Å². The number of aromatic nitrogens is 2. The highest BCUT2D eigenvalue weighted by Crippen LogP contribution is 2.29. The Morgan fingerprint density at radius 1 is 0.943 bits per heavy atom. The van der Waals surface area contributed by atoms with Gasteiger partial charge < -0.3 is 21.1 Å². The van der Waals surface area contributed by atoms with Crippen molar-refractivity contribution in [1.82, 2.24) is 25.9 Å². The lowest BCUT2D eigenvalue weighted by Gasteiger charge is -2.35. The number of carbonyl (C=O) groups excluding carboxylic acids is 3. The van der Waals surface area contributed by atoms with Gasteiger partial charge in [0.2, 0.25) is 11.8 Å². The smallest absolute Gasteiger partial charge is 0.308 e. The lowest BCUT2D eigenvalue weighted by Crippen LogP contribution is -2.60. The molecule has 2 fully saturated rings. The predicted octanol–water partition coefficient (Wildman–Crippen LogP) is 2.06. The summed E-state index contributed by atoms with van der Waals surface area (Å²) in [7, 11) is 0. The van der Waals surface area contributed by atoms with Crippen molar-refractivity contribution in [1.29, 1.82) is 0 Å². The molecule has 3 amide bonds. The van der Waals surface area contributed by atoms with Crippen molar-refractivity contribution < 1.29 is 24.3 Å². The maximum Gasteiger partial charge on any atom is 0.308 e.